The van der Waals surface area contributed by atoms with E-state index in [0.29, 0.717) is 0 Å². The molecule has 0 fully saturated rings. The maximum Gasteiger partial charge on any atom is 0.244 e. The molecule has 0 saturated heterocycles. The number of benzene rings is 2. The molecular weight excluding hydrogens is 278 g/mol. The maximum absolute atomic E-state index is 12.6. The number of amides is 1. The first-order valence-corrected chi connectivity index (χ1v) is 7.14. The first kappa shape index (κ1) is 13.1. The number of carbonyl (C=O) groups is 1. The molecule has 0 saturated carbocycles. The van der Waals surface area contributed by atoms with E-state index < -0.39 is 0 Å². The van der Waals surface area contributed by atoms with Crippen LogP contribution in [0.15, 0.2) is 54.6 Å². The van der Waals surface area contributed by atoms with Crippen molar-refractivity contribution in [3.8, 4) is 0 Å². The predicted octanol–water partition coefficient (Wildman–Crippen LogP) is 3.15. The van der Waals surface area contributed by atoms with E-state index in [1.165, 1.54) is 0 Å². The van der Waals surface area contributed by atoms with Crippen LogP contribution < -0.4 is 4.90 Å². The van der Waals surface area contributed by atoms with Crippen molar-refractivity contribution in [1.29, 1.82) is 0 Å². The number of hydrogen-bond acceptors (Lipinski definition) is 3. The fourth-order valence-electron chi connectivity index (χ4n) is 2.98. The van der Waals surface area contributed by atoms with Crippen LogP contribution in [0.2, 0.25) is 0 Å². The normalized spacial score (nSPS) is 15.9. The molecule has 5 heteroatoms. The molecule has 22 heavy (non-hydrogen) atoms. The van der Waals surface area contributed by atoms with Gasteiger partial charge >= 0.3 is 0 Å². The summed E-state index contributed by atoms with van der Waals surface area (Å²) in [6.07, 6.45) is 0. The van der Waals surface area contributed by atoms with Gasteiger partial charge in [-0.3, -0.25) is 9.69 Å². The Bertz CT molecular complexity index is 841. The number of hydrogen-bond donors (Lipinski definition) is 1. The Morgan fingerprint density at radius 2 is 1.68 bits per heavy atom. The smallest absolute Gasteiger partial charge is 0.244 e. The summed E-state index contributed by atoms with van der Waals surface area (Å²) in [6.45, 7) is 0.0326. The van der Waals surface area contributed by atoms with Crippen LogP contribution in [0, 0.1) is 5.21 Å². The van der Waals surface area contributed by atoms with Crippen molar-refractivity contribution in [2.75, 3.05) is 11.4 Å². The largest absolute Gasteiger partial charge is 0.785 e. The van der Waals surface area contributed by atoms with Crippen LogP contribution in [0.4, 0.5) is 11.4 Å². The molecule has 1 aliphatic rings. The van der Waals surface area contributed by atoms with E-state index in [1.807, 2.05) is 54.6 Å². The van der Waals surface area contributed by atoms with Gasteiger partial charge in [0.2, 0.25) is 5.91 Å². The van der Waals surface area contributed by atoms with E-state index in [9.17, 15) is 10.0 Å². The first-order chi connectivity index (χ1) is 10.7. The third kappa shape index (κ3) is 1.99. The van der Waals surface area contributed by atoms with E-state index in [2.05, 4.69) is 4.98 Å². The third-order valence-electron chi connectivity index (χ3n) is 3.89. The molecule has 2 heterocycles. The molecule has 0 unspecified atom stereocenters. The lowest BCUT2D eigenvalue weighted by Crippen LogP contribution is -2.32. The lowest BCUT2D eigenvalue weighted by molar-refractivity contribution is -0.118. The number of H-pyrrole nitrogens is 1. The zero-order valence-electron chi connectivity index (χ0n) is 11.8. The van der Waals surface area contributed by atoms with Crippen molar-refractivity contribution in [1.82, 2.24) is 10.0 Å². The van der Waals surface area contributed by atoms with E-state index in [4.69, 9.17) is 0 Å². The van der Waals surface area contributed by atoms with Gasteiger partial charge in [-0.15, -0.1) is 0 Å². The van der Waals surface area contributed by atoms with Gasteiger partial charge in [0.25, 0.3) is 0 Å². The summed E-state index contributed by atoms with van der Waals surface area (Å²) in [5.74, 6) is -0.218. The van der Waals surface area contributed by atoms with Crippen LogP contribution in [0.5, 0.6) is 0 Å². The van der Waals surface area contributed by atoms with Gasteiger partial charge in [-0.05, 0) is 18.2 Å². The molecule has 1 aliphatic heterocycles. The van der Waals surface area contributed by atoms with Crippen molar-refractivity contribution in [2.45, 2.75) is 6.54 Å². The van der Waals surface area contributed by atoms with Crippen molar-refractivity contribution in [3.05, 3.63) is 65.5 Å². The zero-order valence-corrected chi connectivity index (χ0v) is 11.8. The van der Waals surface area contributed by atoms with E-state index in [0.717, 1.165) is 33.0 Å². The van der Waals surface area contributed by atoms with E-state index in [-0.39, 0.29) is 19.0 Å². The average Bonchev–Trinajstić information content (AvgIpc) is 2.80. The van der Waals surface area contributed by atoms with Crippen molar-refractivity contribution < 1.29 is 4.79 Å². The number of nitrogens with one attached hydrogen (secondary N) is 1. The molecule has 4 rings (SSSR count). The summed E-state index contributed by atoms with van der Waals surface area (Å²) in [7, 11) is 0. The van der Waals surface area contributed by atoms with Gasteiger partial charge in [-0.25, -0.2) is 0 Å². The number of nitrogens with zero attached hydrogens (tertiary/aromatic N) is 2. The Morgan fingerprint density at radius 1 is 0.955 bits per heavy atom. The van der Waals surface area contributed by atoms with Crippen molar-refractivity contribution >= 4 is 28.2 Å². The van der Waals surface area contributed by atoms with Crippen LogP contribution in [0.1, 0.15) is 5.69 Å². The second-order valence-electron chi connectivity index (χ2n) is 5.36. The Hall–Kier alpha value is -2.63. The van der Waals surface area contributed by atoms with Gasteiger partial charge in [-0.1, -0.05) is 36.4 Å². The lowest BCUT2D eigenvalue weighted by atomic mass is 10.1. The molecule has 0 radical (unpaired) electrons. The molecule has 0 bridgehead atoms. The van der Waals surface area contributed by atoms with Gasteiger partial charge in [0, 0.05) is 23.1 Å². The highest BCUT2D eigenvalue weighted by atomic mass is 16.5. The van der Waals surface area contributed by atoms with Crippen molar-refractivity contribution in [2.24, 2.45) is 0 Å². The Balaban J connectivity index is 2.00. The number of carbonyl (C=O) groups excluding carboxylic acids is 1. The molecule has 2 aromatic carbocycles. The molecular formula is C17H14N3O2-. The van der Waals surface area contributed by atoms with Gasteiger partial charge in [0.05, 0.1) is 17.9 Å². The van der Waals surface area contributed by atoms with Gasteiger partial charge in [0.15, 0.2) is 0 Å². The summed E-state index contributed by atoms with van der Waals surface area (Å²) in [4.78, 5) is 17.5. The van der Waals surface area contributed by atoms with E-state index >= 15 is 0 Å². The van der Waals surface area contributed by atoms with Crippen LogP contribution >= 0.6 is 0 Å². The highest BCUT2D eigenvalue weighted by molar-refractivity contribution is 6.10. The standard InChI is InChI=1S/C17H14N3O2/c21-16-11-19(22)10-15-17(13-8-4-5-9-14(13)18-15)20(16)12-6-2-1-3-7-12/h1-9,18H,10-11H2/q-1. The van der Waals surface area contributed by atoms with Crippen LogP contribution in [-0.2, 0) is 11.3 Å². The topological polar surface area (TPSA) is 62.4 Å². The molecule has 1 aromatic heterocycles. The molecule has 0 spiro atoms. The zero-order chi connectivity index (χ0) is 15.1. The molecule has 0 aliphatic carbocycles. The molecule has 1 N–H and O–H groups in total. The number of para-hydroxylation sites is 2. The number of rotatable bonds is 1. The van der Waals surface area contributed by atoms with Crippen LogP contribution in [0.3, 0.4) is 0 Å². The summed E-state index contributed by atoms with van der Waals surface area (Å²) < 4.78 is 0. The van der Waals surface area contributed by atoms with Gasteiger partial charge in [0.1, 0.15) is 0 Å². The Labute approximate surface area is 127 Å². The molecule has 110 valence electrons. The highest BCUT2D eigenvalue weighted by Gasteiger charge is 2.27. The maximum atomic E-state index is 12.6. The Morgan fingerprint density at radius 3 is 2.50 bits per heavy atom. The summed E-state index contributed by atoms with van der Waals surface area (Å²) in [6, 6.07) is 17.2. The van der Waals surface area contributed by atoms with E-state index in [1.54, 1.807) is 4.90 Å². The molecule has 0 atom stereocenters. The second kappa shape index (κ2) is 4.98. The van der Waals surface area contributed by atoms with Crippen molar-refractivity contribution in [3.63, 3.8) is 0 Å². The first-order valence-electron chi connectivity index (χ1n) is 7.14. The van der Waals surface area contributed by atoms with Gasteiger partial charge < -0.3 is 15.3 Å². The minimum absolute atomic E-state index is 0.147. The number of aromatic nitrogens is 1. The fraction of sp³-hybridized carbons (Fsp3) is 0.118. The monoisotopic (exact) mass is 292 g/mol. The summed E-state index contributed by atoms with van der Waals surface area (Å²) in [5.41, 5.74) is 3.25. The molecule has 3 aromatic rings. The number of hydroxylamine groups is 2. The SMILES string of the molecule is O=C1CN([O-])Cc2[nH]c3ccccc3c2N1c1ccccc1. The predicted molar refractivity (Wildman–Crippen MR) is 85.7 cm³/mol. The molecule has 1 amide bonds. The highest BCUT2D eigenvalue weighted by Crippen LogP contribution is 2.38. The summed E-state index contributed by atoms with van der Waals surface area (Å²) >= 11 is 0. The van der Waals surface area contributed by atoms with Gasteiger partial charge in [-0.2, -0.15) is 0 Å². The quantitative estimate of drug-likeness (QED) is 0.749. The number of aromatic amines is 1. The number of anilines is 2. The van der Waals surface area contributed by atoms with Crippen LogP contribution in [0.25, 0.3) is 10.9 Å². The third-order valence-corrected chi connectivity index (χ3v) is 3.89. The Kier molecular flexibility index (Phi) is 2.96. The van der Waals surface area contributed by atoms with Crippen LogP contribution in [-0.4, -0.2) is 22.5 Å². The lowest BCUT2D eigenvalue weighted by Gasteiger charge is -2.25. The molecule has 5 nitrogen and oxygen atoms in total. The second-order valence-corrected chi connectivity index (χ2v) is 5.36. The fourth-order valence-corrected chi connectivity index (χ4v) is 2.98. The summed E-state index contributed by atoms with van der Waals surface area (Å²) in [5, 5.41) is 13.7. The minimum Gasteiger partial charge on any atom is -0.785 e. The minimum atomic E-state index is -0.218. The number of fused-ring (bicyclic) bond motifs is 3. The average molecular weight is 292 g/mol.